The average molecular weight is 377 g/mol. The molecule has 0 bridgehead atoms. The highest BCUT2D eigenvalue weighted by Crippen LogP contribution is 2.08. The van der Waals surface area contributed by atoms with Crippen LogP contribution in [0, 0.1) is 5.92 Å². The van der Waals surface area contributed by atoms with Crippen molar-refractivity contribution < 1.29 is 19.1 Å². The maximum Gasteiger partial charge on any atom is 0.407 e. The number of nitrogens with two attached hydrogens (primary N) is 1. The van der Waals surface area contributed by atoms with E-state index in [0.717, 1.165) is 24.8 Å². The van der Waals surface area contributed by atoms with E-state index in [2.05, 4.69) is 10.6 Å². The van der Waals surface area contributed by atoms with Gasteiger partial charge in [-0.2, -0.15) is 0 Å². The zero-order valence-electron chi connectivity index (χ0n) is 16.2. The molecule has 0 aliphatic heterocycles. The summed E-state index contributed by atoms with van der Waals surface area (Å²) in [6.07, 6.45) is 2.86. The lowest BCUT2D eigenvalue weighted by Crippen LogP contribution is -2.48. The average Bonchev–Trinajstić information content (AvgIpc) is 2.67. The van der Waals surface area contributed by atoms with Gasteiger partial charge in [0.2, 0.25) is 11.8 Å². The first-order valence-corrected chi connectivity index (χ1v) is 9.47. The summed E-state index contributed by atoms with van der Waals surface area (Å²) in [6, 6.07) is 8.85. The molecule has 27 heavy (non-hydrogen) atoms. The van der Waals surface area contributed by atoms with Crippen molar-refractivity contribution in [2.24, 2.45) is 11.7 Å². The second-order valence-electron chi connectivity index (χ2n) is 6.63. The number of carbonyl (C=O) groups excluding carboxylic acids is 3. The number of ether oxygens (including phenoxy) is 1. The Kier molecular flexibility index (Phi) is 10.6. The summed E-state index contributed by atoms with van der Waals surface area (Å²) in [4.78, 5) is 34.9. The number of alkyl carbamates (subject to hydrolysis) is 1. The molecule has 1 aromatic rings. The lowest BCUT2D eigenvalue weighted by Gasteiger charge is -2.21. The Morgan fingerprint density at radius 3 is 2.44 bits per heavy atom. The van der Waals surface area contributed by atoms with Gasteiger partial charge in [-0.25, -0.2) is 4.79 Å². The fourth-order valence-corrected chi connectivity index (χ4v) is 2.53. The van der Waals surface area contributed by atoms with Crippen LogP contribution in [0.2, 0.25) is 0 Å². The normalized spacial score (nSPS) is 12.7. The molecule has 0 saturated carbocycles. The smallest absolute Gasteiger partial charge is 0.407 e. The quantitative estimate of drug-likeness (QED) is 0.486. The molecule has 0 unspecified atom stereocenters. The molecule has 0 saturated heterocycles. The number of carbonyl (C=O) groups is 3. The van der Waals surface area contributed by atoms with E-state index in [1.807, 2.05) is 44.2 Å². The van der Waals surface area contributed by atoms with Gasteiger partial charge >= 0.3 is 6.09 Å². The fraction of sp³-hybridized carbons (Fsp3) is 0.550. The lowest BCUT2D eigenvalue weighted by atomic mass is 9.98. The van der Waals surface area contributed by atoms with Gasteiger partial charge < -0.3 is 21.1 Å². The Hall–Kier alpha value is -2.57. The van der Waals surface area contributed by atoms with Crippen molar-refractivity contribution in [2.75, 3.05) is 6.54 Å². The SMILES string of the molecule is CC[C@H](C)[C@H](NC(=O)CCCCCNC(=O)OCc1ccccc1)C(N)=O. The van der Waals surface area contributed by atoms with E-state index in [0.29, 0.717) is 19.4 Å². The molecule has 1 aromatic carbocycles. The predicted octanol–water partition coefficient (Wildman–Crippen LogP) is 2.49. The minimum atomic E-state index is -0.622. The summed E-state index contributed by atoms with van der Waals surface area (Å²) in [5, 5.41) is 5.39. The third kappa shape index (κ3) is 9.63. The number of hydrogen-bond donors (Lipinski definition) is 3. The highest BCUT2D eigenvalue weighted by molar-refractivity contribution is 5.86. The predicted molar refractivity (Wildman–Crippen MR) is 104 cm³/mol. The van der Waals surface area contributed by atoms with Crippen molar-refractivity contribution in [1.29, 1.82) is 0 Å². The summed E-state index contributed by atoms with van der Waals surface area (Å²) >= 11 is 0. The molecule has 0 aromatic heterocycles. The lowest BCUT2D eigenvalue weighted by molar-refractivity contribution is -0.128. The summed E-state index contributed by atoms with van der Waals surface area (Å²) in [5.41, 5.74) is 6.28. The first-order chi connectivity index (χ1) is 12.9. The van der Waals surface area contributed by atoms with E-state index in [1.165, 1.54) is 0 Å². The van der Waals surface area contributed by atoms with Crippen molar-refractivity contribution >= 4 is 17.9 Å². The summed E-state index contributed by atoms with van der Waals surface area (Å²) in [6.45, 7) is 4.57. The third-order valence-electron chi connectivity index (χ3n) is 4.40. The highest BCUT2D eigenvalue weighted by atomic mass is 16.5. The first kappa shape index (κ1) is 22.5. The molecule has 7 nitrogen and oxygen atoms in total. The zero-order valence-corrected chi connectivity index (χ0v) is 16.2. The van der Waals surface area contributed by atoms with Gasteiger partial charge in [0.15, 0.2) is 0 Å². The minimum absolute atomic E-state index is 0.0116. The summed E-state index contributed by atoms with van der Waals surface area (Å²) < 4.78 is 5.11. The van der Waals surface area contributed by atoms with Gasteiger partial charge in [-0.3, -0.25) is 9.59 Å². The molecule has 0 fully saturated rings. The van der Waals surface area contributed by atoms with Crippen LogP contribution in [0.3, 0.4) is 0 Å². The van der Waals surface area contributed by atoms with E-state index < -0.39 is 18.0 Å². The maximum atomic E-state index is 11.9. The monoisotopic (exact) mass is 377 g/mol. The first-order valence-electron chi connectivity index (χ1n) is 9.47. The Balaban J connectivity index is 2.09. The molecule has 2 atom stereocenters. The molecule has 3 amide bonds. The molecule has 0 aliphatic carbocycles. The summed E-state index contributed by atoms with van der Waals surface area (Å²) in [7, 11) is 0. The van der Waals surface area contributed by atoms with E-state index in [1.54, 1.807) is 0 Å². The van der Waals surface area contributed by atoms with Gasteiger partial charge in [-0.1, -0.05) is 57.0 Å². The number of unbranched alkanes of at least 4 members (excludes halogenated alkanes) is 2. The number of nitrogens with one attached hydrogen (secondary N) is 2. The number of benzene rings is 1. The van der Waals surface area contributed by atoms with Crippen LogP contribution in [0.15, 0.2) is 30.3 Å². The van der Waals surface area contributed by atoms with E-state index >= 15 is 0 Å². The van der Waals surface area contributed by atoms with Crippen LogP contribution in [0.4, 0.5) is 4.79 Å². The van der Waals surface area contributed by atoms with Crippen molar-refractivity contribution in [1.82, 2.24) is 10.6 Å². The molecule has 4 N–H and O–H groups in total. The highest BCUT2D eigenvalue weighted by Gasteiger charge is 2.23. The van der Waals surface area contributed by atoms with Crippen LogP contribution in [-0.4, -0.2) is 30.5 Å². The van der Waals surface area contributed by atoms with Gasteiger partial charge in [0.25, 0.3) is 0 Å². The van der Waals surface area contributed by atoms with Crippen LogP contribution in [0.1, 0.15) is 51.5 Å². The molecular weight excluding hydrogens is 346 g/mol. The van der Waals surface area contributed by atoms with Crippen molar-refractivity contribution in [3.63, 3.8) is 0 Å². The molecule has 0 aliphatic rings. The Morgan fingerprint density at radius 2 is 1.81 bits per heavy atom. The van der Waals surface area contributed by atoms with Crippen LogP contribution in [-0.2, 0) is 20.9 Å². The maximum absolute atomic E-state index is 11.9. The molecule has 7 heteroatoms. The van der Waals surface area contributed by atoms with Gasteiger partial charge in [-0.15, -0.1) is 0 Å². The number of rotatable bonds is 12. The van der Waals surface area contributed by atoms with Crippen LogP contribution in [0.25, 0.3) is 0 Å². The van der Waals surface area contributed by atoms with Crippen LogP contribution < -0.4 is 16.4 Å². The van der Waals surface area contributed by atoms with Crippen LogP contribution >= 0.6 is 0 Å². The third-order valence-corrected chi connectivity index (χ3v) is 4.40. The van der Waals surface area contributed by atoms with Crippen molar-refractivity contribution in [2.45, 2.75) is 58.6 Å². The standard InChI is InChI=1S/C20H31N3O4/c1-3-15(2)18(19(21)25)23-17(24)12-8-5-9-13-22-20(26)27-14-16-10-6-4-7-11-16/h4,6-7,10-11,15,18H,3,5,8-9,12-14H2,1-2H3,(H2,21,25)(H,22,26)(H,23,24)/t15-,18-/m0/s1. The molecule has 0 heterocycles. The van der Waals surface area contributed by atoms with E-state index in [9.17, 15) is 14.4 Å². The second kappa shape index (κ2) is 12.7. The Bertz CT molecular complexity index is 592. The molecule has 0 radical (unpaired) electrons. The van der Waals surface area contributed by atoms with Gasteiger partial charge in [-0.05, 0) is 24.3 Å². The second-order valence-corrected chi connectivity index (χ2v) is 6.63. The number of amides is 3. The fourth-order valence-electron chi connectivity index (χ4n) is 2.53. The molecule has 0 spiro atoms. The van der Waals surface area contributed by atoms with Gasteiger partial charge in [0, 0.05) is 13.0 Å². The van der Waals surface area contributed by atoms with Gasteiger partial charge in [0.1, 0.15) is 12.6 Å². The van der Waals surface area contributed by atoms with E-state index in [4.69, 9.17) is 10.5 Å². The largest absolute Gasteiger partial charge is 0.445 e. The molecule has 1 rings (SSSR count). The summed E-state index contributed by atoms with van der Waals surface area (Å²) in [5.74, 6) is -0.664. The Morgan fingerprint density at radius 1 is 1.11 bits per heavy atom. The Labute approximate surface area is 161 Å². The number of hydrogen-bond acceptors (Lipinski definition) is 4. The molecule has 150 valence electrons. The number of primary amides is 1. The van der Waals surface area contributed by atoms with Crippen molar-refractivity contribution in [3.05, 3.63) is 35.9 Å². The van der Waals surface area contributed by atoms with Crippen LogP contribution in [0.5, 0.6) is 0 Å². The molecular formula is C20H31N3O4. The van der Waals surface area contributed by atoms with Crippen molar-refractivity contribution in [3.8, 4) is 0 Å². The topological polar surface area (TPSA) is 111 Å². The minimum Gasteiger partial charge on any atom is -0.445 e. The van der Waals surface area contributed by atoms with E-state index in [-0.39, 0.29) is 18.4 Å². The zero-order chi connectivity index (χ0) is 20.1. The van der Waals surface area contributed by atoms with Gasteiger partial charge in [0.05, 0.1) is 0 Å².